The molecule has 0 bridgehead atoms. The predicted octanol–water partition coefficient (Wildman–Crippen LogP) is 1.13. The van der Waals surface area contributed by atoms with Gasteiger partial charge >= 0.3 is 0 Å². The quantitative estimate of drug-likeness (QED) is 0.733. The Morgan fingerprint density at radius 1 is 1.23 bits per heavy atom. The second kappa shape index (κ2) is 7.84. The minimum absolute atomic E-state index is 0.0475. The summed E-state index contributed by atoms with van der Waals surface area (Å²) in [6.07, 6.45) is 0.893. The number of nitrogens with one attached hydrogen (secondary N) is 3. The van der Waals surface area contributed by atoms with Gasteiger partial charge in [-0.1, -0.05) is 19.1 Å². The Kier molecular flexibility index (Phi) is 5.83. The molecular weight excluding hydrogens is 302 g/mol. The fourth-order valence-electron chi connectivity index (χ4n) is 1.97. The molecule has 1 heterocycles. The third-order valence-electron chi connectivity index (χ3n) is 3.10. The number of anilines is 1. The van der Waals surface area contributed by atoms with Crippen molar-refractivity contribution in [2.75, 3.05) is 18.4 Å². The van der Waals surface area contributed by atoms with Crippen LogP contribution in [-0.4, -0.2) is 36.1 Å². The van der Waals surface area contributed by atoms with Crippen molar-refractivity contribution in [3.63, 3.8) is 0 Å². The first-order chi connectivity index (χ1) is 10.6. The largest absolute Gasteiger partial charge is 0.355 e. The van der Waals surface area contributed by atoms with Gasteiger partial charge in [-0.3, -0.25) is 14.4 Å². The summed E-state index contributed by atoms with van der Waals surface area (Å²) in [4.78, 5) is 36.2. The van der Waals surface area contributed by atoms with Crippen molar-refractivity contribution >= 4 is 35.2 Å². The van der Waals surface area contributed by atoms with Crippen molar-refractivity contribution < 1.29 is 14.4 Å². The number of amides is 3. The minimum Gasteiger partial charge on any atom is -0.355 e. The second-order valence-electron chi connectivity index (χ2n) is 4.92. The SMILES string of the molecule is CCCNC(=O)CNC(=O)C[C@@H]1Sc2ccccc2NC1=O. The third kappa shape index (κ3) is 4.49. The Balaban J connectivity index is 1.82. The molecule has 0 unspecified atom stereocenters. The normalized spacial score (nSPS) is 16.4. The van der Waals surface area contributed by atoms with Crippen molar-refractivity contribution in [3.05, 3.63) is 24.3 Å². The summed E-state index contributed by atoms with van der Waals surface area (Å²) in [5, 5.41) is 7.52. The van der Waals surface area contributed by atoms with Crippen LogP contribution in [0.3, 0.4) is 0 Å². The number of carbonyl (C=O) groups excluding carboxylic acids is 3. The van der Waals surface area contributed by atoms with Crippen LogP contribution >= 0.6 is 11.8 Å². The monoisotopic (exact) mass is 321 g/mol. The molecule has 0 radical (unpaired) electrons. The molecule has 118 valence electrons. The van der Waals surface area contributed by atoms with E-state index in [9.17, 15) is 14.4 Å². The number of rotatable bonds is 6. The summed E-state index contributed by atoms with van der Waals surface area (Å²) in [7, 11) is 0. The Morgan fingerprint density at radius 2 is 2.00 bits per heavy atom. The number of fused-ring (bicyclic) bond motifs is 1. The number of thioether (sulfide) groups is 1. The van der Waals surface area contributed by atoms with Crippen molar-refractivity contribution in [2.24, 2.45) is 0 Å². The fourth-order valence-corrected chi connectivity index (χ4v) is 3.08. The Hall–Kier alpha value is -2.02. The van der Waals surface area contributed by atoms with Crippen molar-refractivity contribution in [2.45, 2.75) is 29.9 Å². The first kappa shape index (κ1) is 16.4. The number of hydrogen-bond donors (Lipinski definition) is 3. The van der Waals surface area contributed by atoms with Gasteiger partial charge in [-0.15, -0.1) is 11.8 Å². The molecule has 1 aromatic rings. The predicted molar refractivity (Wildman–Crippen MR) is 85.6 cm³/mol. The van der Waals surface area contributed by atoms with E-state index in [1.165, 1.54) is 11.8 Å². The maximum atomic E-state index is 12.0. The van der Waals surface area contributed by atoms with Gasteiger partial charge in [-0.05, 0) is 18.6 Å². The zero-order chi connectivity index (χ0) is 15.9. The zero-order valence-corrected chi connectivity index (χ0v) is 13.2. The molecule has 0 aromatic heterocycles. The van der Waals surface area contributed by atoms with E-state index in [1.54, 1.807) is 0 Å². The average molecular weight is 321 g/mol. The molecule has 3 amide bonds. The first-order valence-electron chi connectivity index (χ1n) is 7.20. The number of carbonyl (C=O) groups is 3. The molecule has 22 heavy (non-hydrogen) atoms. The highest BCUT2D eigenvalue weighted by Gasteiger charge is 2.28. The lowest BCUT2D eigenvalue weighted by Crippen LogP contribution is -2.40. The Bertz CT molecular complexity index is 577. The Morgan fingerprint density at radius 3 is 2.77 bits per heavy atom. The molecule has 0 saturated heterocycles. The molecule has 1 aliphatic rings. The van der Waals surface area contributed by atoms with Crippen LogP contribution in [0.1, 0.15) is 19.8 Å². The molecule has 1 aliphatic heterocycles. The van der Waals surface area contributed by atoms with Crippen LogP contribution in [0.4, 0.5) is 5.69 Å². The van der Waals surface area contributed by atoms with Crippen LogP contribution in [-0.2, 0) is 14.4 Å². The highest BCUT2D eigenvalue weighted by Crippen LogP contribution is 2.36. The van der Waals surface area contributed by atoms with E-state index in [0.29, 0.717) is 6.54 Å². The average Bonchev–Trinajstić information content (AvgIpc) is 2.51. The molecule has 0 spiro atoms. The number of para-hydroxylation sites is 1. The zero-order valence-electron chi connectivity index (χ0n) is 12.3. The van der Waals surface area contributed by atoms with Crippen LogP contribution in [0.2, 0.25) is 0 Å². The van der Waals surface area contributed by atoms with Gasteiger partial charge in [-0.2, -0.15) is 0 Å². The minimum atomic E-state index is -0.478. The Labute approximate surface area is 133 Å². The van der Waals surface area contributed by atoms with E-state index >= 15 is 0 Å². The summed E-state index contributed by atoms with van der Waals surface area (Å²) in [5.41, 5.74) is 0.771. The standard InChI is InChI=1S/C15H19N3O3S/c1-2-7-16-14(20)9-17-13(19)8-12-15(21)18-10-5-3-4-6-11(10)22-12/h3-6,12H,2,7-9H2,1H3,(H,16,20)(H,17,19)(H,18,21)/t12-/m0/s1. The molecular formula is C15H19N3O3S. The fraction of sp³-hybridized carbons (Fsp3) is 0.400. The maximum absolute atomic E-state index is 12.0. The van der Waals surface area contributed by atoms with E-state index in [2.05, 4.69) is 16.0 Å². The highest BCUT2D eigenvalue weighted by molar-refractivity contribution is 8.01. The molecule has 1 atom stereocenters. The molecule has 0 fully saturated rings. The van der Waals surface area contributed by atoms with Crippen LogP contribution in [0.25, 0.3) is 0 Å². The van der Waals surface area contributed by atoms with Gasteiger partial charge in [0.05, 0.1) is 17.5 Å². The van der Waals surface area contributed by atoms with Gasteiger partial charge in [0.2, 0.25) is 17.7 Å². The van der Waals surface area contributed by atoms with Crippen LogP contribution in [0.5, 0.6) is 0 Å². The van der Waals surface area contributed by atoms with Crippen LogP contribution in [0, 0.1) is 0 Å². The maximum Gasteiger partial charge on any atom is 0.239 e. The topological polar surface area (TPSA) is 87.3 Å². The molecule has 0 aliphatic carbocycles. The summed E-state index contributed by atoms with van der Waals surface area (Å²) < 4.78 is 0. The molecule has 0 saturated carbocycles. The van der Waals surface area contributed by atoms with Gasteiger partial charge in [-0.25, -0.2) is 0 Å². The van der Waals surface area contributed by atoms with E-state index in [1.807, 2.05) is 31.2 Å². The van der Waals surface area contributed by atoms with E-state index in [-0.39, 0.29) is 30.7 Å². The first-order valence-corrected chi connectivity index (χ1v) is 8.08. The van der Waals surface area contributed by atoms with Gasteiger partial charge in [0, 0.05) is 17.9 Å². The van der Waals surface area contributed by atoms with E-state index < -0.39 is 5.25 Å². The molecule has 2 rings (SSSR count). The summed E-state index contributed by atoms with van der Waals surface area (Å²) in [6, 6.07) is 7.47. The number of hydrogen-bond acceptors (Lipinski definition) is 4. The third-order valence-corrected chi connectivity index (χ3v) is 4.37. The van der Waals surface area contributed by atoms with Gasteiger partial charge < -0.3 is 16.0 Å². The van der Waals surface area contributed by atoms with Gasteiger partial charge in [0.15, 0.2) is 0 Å². The summed E-state index contributed by atoms with van der Waals surface area (Å²) >= 11 is 1.37. The summed E-state index contributed by atoms with van der Waals surface area (Å²) in [5.74, 6) is -0.714. The smallest absolute Gasteiger partial charge is 0.239 e. The molecule has 1 aromatic carbocycles. The lowest BCUT2D eigenvalue weighted by molar-refractivity contribution is -0.127. The molecule has 7 heteroatoms. The summed E-state index contributed by atoms with van der Waals surface area (Å²) in [6.45, 7) is 2.48. The lowest BCUT2D eigenvalue weighted by atomic mass is 10.2. The molecule has 6 nitrogen and oxygen atoms in total. The van der Waals surface area contributed by atoms with E-state index in [4.69, 9.17) is 0 Å². The van der Waals surface area contributed by atoms with Crippen molar-refractivity contribution in [3.8, 4) is 0 Å². The van der Waals surface area contributed by atoms with Crippen molar-refractivity contribution in [1.29, 1.82) is 0 Å². The lowest BCUT2D eigenvalue weighted by Gasteiger charge is -2.23. The second-order valence-corrected chi connectivity index (χ2v) is 6.17. The van der Waals surface area contributed by atoms with Crippen LogP contribution < -0.4 is 16.0 Å². The number of benzene rings is 1. The van der Waals surface area contributed by atoms with Gasteiger partial charge in [0.1, 0.15) is 0 Å². The van der Waals surface area contributed by atoms with E-state index in [0.717, 1.165) is 17.0 Å². The van der Waals surface area contributed by atoms with Crippen LogP contribution in [0.15, 0.2) is 29.2 Å². The van der Waals surface area contributed by atoms with Crippen molar-refractivity contribution in [1.82, 2.24) is 10.6 Å². The van der Waals surface area contributed by atoms with Gasteiger partial charge in [0.25, 0.3) is 0 Å². The molecule has 3 N–H and O–H groups in total. The highest BCUT2D eigenvalue weighted by atomic mass is 32.2.